The second-order valence-electron chi connectivity index (χ2n) is 3.06. The van der Waals surface area contributed by atoms with E-state index in [0.717, 1.165) is 25.0 Å². The van der Waals surface area contributed by atoms with Gasteiger partial charge in [0.2, 0.25) is 0 Å². The van der Waals surface area contributed by atoms with Gasteiger partial charge < -0.3 is 14.9 Å². The van der Waals surface area contributed by atoms with Crippen LogP contribution in [0.2, 0.25) is 0 Å². The molecule has 14 heavy (non-hydrogen) atoms. The van der Waals surface area contributed by atoms with Crippen molar-refractivity contribution >= 4 is 5.82 Å². The Balaban J connectivity index is 2.25. The quantitative estimate of drug-likeness (QED) is 0.421. The van der Waals surface area contributed by atoms with E-state index in [2.05, 4.69) is 4.98 Å². The molecule has 1 aliphatic rings. The molecule has 5 nitrogen and oxygen atoms in total. The van der Waals surface area contributed by atoms with Crippen molar-refractivity contribution in [2.24, 2.45) is 0 Å². The topological polar surface area (TPSA) is 65.3 Å². The van der Waals surface area contributed by atoms with Crippen molar-refractivity contribution in [2.45, 2.75) is 18.9 Å². The van der Waals surface area contributed by atoms with E-state index in [-0.39, 0.29) is 11.9 Å². The van der Waals surface area contributed by atoms with E-state index in [1.807, 2.05) is 0 Å². The van der Waals surface area contributed by atoms with Gasteiger partial charge in [-0.3, -0.25) is 0 Å². The summed E-state index contributed by atoms with van der Waals surface area (Å²) in [5.41, 5.74) is 0. The van der Waals surface area contributed by atoms with Crippen LogP contribution in [0, 0.1) is 16.1 Å². The van der Waals surface area contributed by atoms with Crippen LogP contribution in [0.4, 0.5) is 10.2 Å². The summed E-state index contributed by atoms with van der Waals surface area (Å²) in [5, 5.41) is 10.3. The first-order valence-electron chi connectivity index (χ1n) is 4.14. The lowest BCUT2D eigenvalue weighted by molar-refractivity contribution is -0.390. The van der Waals surface area contributed by atoms with Crippen LogP contribution in [0.1, 0.15) is 12.8 Å². The molecule has 0 saturated heterocycles. The Morgan fingerprint density at radius 2 is 2.29 bits per heavy atom. The van der Waals surface area contributed by atoms with Gasteiger partial charge in [-0.15, -0.1) is 0 Å². The lowest BCUT2D eigenvalue weighted by Gasteiger charge is -2.02. The second-order valence-corrected chi connectivity index (χ2v) is 3.06. The second kappa shape index (κ2) is 3.21. The Labute approximate surface area is 78.7 Å². The third-order valence-corrected chi connectivity index (χ3v) is 1.77. The van der Waals surface area contributed by atoms with Gasteiger partial charge in [-0.2, -0.15) is 4.39 Å². The third-order valence-electron chi connectivity index (χ3n) is 1.77. The predicted molar refractivity (Wildman–Crippen MR) is 44.5 cm³/mol. The number of nitro groups is 1. The highest BCUT2D eigenvalue weighted by Crippen LogP contribution is 2.28. The molecule has 2 rings (SSSR count). The van der Waals surface area contributed by atoms with Crippen LogP contribution in [-0.2, 0) is 0 Å². The van der Waals surface area contributed by atoms with Crippen molar-refractivity contribution in [3.63, 3.8) is 0 Å². The van der Waals surface area contributed by atoms with Gasteiger partial charge in [-0.25, -0.2) is 0 Å². The summed E-state index contributed by atoms with van der Waals surface area (Å²) < 4.78 is 18.0. The van der Waals surface area contributed by atoms with Crippen LogP contribution in [0.15, 0.2) is 12.1 Å². The zero-order valence-electron chi connectivity index (χ0n) is 7.14. The average Bonchev–Trinajstić information content (AvgIpc) is 2.87. The maximum absolute atomic E-state index is 12.8. The van der Waals surface area contributed by atoms with E-state index < -0.39 is 16.7 Å². The number of rotatable bonds is 3. The molecule has 1 heterocycles. The number of ether oxygens (including phenoxy) is 1. The highest BCUT2D eigenvalue weighted by Gasteiger charge is 2.25. The van der Waals surface area contributed by atoms with Crippen LogP contribution in [0.25, 0.3) is 0 Å². The number of hydrogen-bond donors (Lipinski definition) is 0. The molecular formula is C8H7FN2O3. The summed E-state index contributed by atoms with van der Waals surface area (Å²) in [6.45, 7) is 0. The van der Waals surface area contributed by atoms with Crippen LogP contribution < -0.4 is 4.74 Å². The molecule has 0 amide bonds. The van der Waals surface area contributed by atoms with Gasteiger partial charge in [0.05, 0.1) is 18.2 Å². The lowest BCUT2D eigenvalue weighted by atomic mass is 10.4. The van der Waals surface area contributed by atoms with Crippen molar-refractivity contribution in [2.75, 3.05) is 0 Å². The fourth-order valence-electron chi connectivity index (χ4n) is 1.00. The smallest absolute Gasteiger partial charge is 0.370 e. The average molecular weight is 198 g/mol. The van der Waals surface area contributed by atoms with E-state index in [1.165, 1.54) is 0 Å². The maximum atomic E-state index is 12.8. The van der Waals surface area contributed by atoms with E-state index in [1.54, 1.807) is 0 Å². The lowest BCUT2D eigenvalue weighted by Crippen LogP contribution is -2.00. The number of aromatic nitrogens is 1. The summed E-state index contributed by atoms with van der Waals surface area (Å²) in [6, 6.07) is 2.17. The Morgan fingerprint density at radius 1 is 1.57 bits per heavy atom. The zero-order chi connectivity index (χ0) is 10.1. The largest absolute Gasteiger partial charge is 0.490 e. The van der Waals surface area contributed by atoms with Crippen molar-refractivity contribution in [1.82, 2.24) is 4.98 Å². The fraction of sp³-hybridized carbons (Fsp3) is 0.375. The molecule has 1 aromatic heterocycles. The Morgan fingerprint density at radius 3 is 2.86 bits per heavy atom. The summed E-state index contributed by atoms with van der Waals surface area (Å²) in [6.07, 6.45) is 1.91. The SMILES string of the molecule is O=[N+]([O-])c1cc(OC2CC2)cc(F)n1. The van der Waals surface area contributed by atoms with Crippen LogP contribution in [0.5, 0.6) is 5.75 Å². The van der Waals surface area contributed by atoms with Crippen molar-refractivity contribution in [3.05, 3.63) is 28.2 Å². The van der Waals surface area contributed by atoms with Crippen LogP contribution >= 0.6 is 0 Å². The standard InChI is InChI=1S/C8H7FN2O3/c9-7-3-6(14-5-1-2-5)4-8(10-7)11(12)13/h3-5H,1-2H2. The molecule has 0 bridgehead atoms. The minimum atomic E-state index is -0.894. The molecule has 0 N–H and O–H groups in total. The first-order chi connectivity index (χ1) is 6.65. The fourth-order valence-corrected chi connectivity index (χ4v) is 1.00. The highest BCUT2D eigenvalue weighted by atomic mass is 19.1. The number of hydrogen-bond acceptors (Lipinski definition) is 4. The molecule has 74 valence electrons. The summed E-state index contributed by atoms with van der Waals surface area (Å²) >= 11 is 0. The van der Waals surface area contributed by atoms with Gasteiger partial charge >= 0.3 is 11.8 Å². The number of halogens is 1. The minimum Gasteiger partial charge on any atom is -0.490 e. The highest BCUT2D eigenvalue weighted by molar-refractivity contribution is 5.31. The van der Waals surface area contributed by atoms with Crippen molar-refractivity contribution < 1.29 is 14.1 Å². The number of pyridine rings is 1. The molecule has 1 aromatic rings. The van der Waals surface area contributed by atoms with Gasteiger partial charge in [-0.1, -0.05) is 0 Å². The van der Waals surface area contributed by atoms with Gasteiger partial charge in [-0.05, 0) is 22.7 Å². The molecule has 1 saturated carbocycles. The van der Waals surface area contributed by atoms with E-state index in [0.29, 0.717) is 0 Å². The minimum absolute atomic E-state index is 0.0800. The van der Waals surface area contributed by atoms with Gasteiger partial charge in [0.25, 0.3) is 0 Å². The maximum Gasteiger partial charge on any atom is 0.370 e. The predicted octanol–water partition coefficient (Wildman–Crippen LogP) is 1.67. The van der Waals surface area contributed by atoms with Crippen LogP contribution in [-0.4, -0.2) is 16.0 Å². The normalized spacial score (nSPS) is 15.2. The van der Waals surface area contributed by atoms with Crippen molar-refractivity contribution in [1.29, 1.82) is 0 Å². The van der Waals surface area contributed by atoms with E-state index in [9.17, 15) is 14.5 Å². The molecule has 1 fully saturated rings. The first kappa shape index (κ1) is 8.86. The number of nitrogens with zero attached hydrogens (tertiary/aromatic N) is 2. The van der Waals surface area contributed by atoms with Gasteiger partial charge in [0, 0.05) is 0 Å². The molecular weight excluding hydrogens is 191 g/mol. The molecule has 0 radical (unpaired) electrons. The summed E-state index contributed by atoms with van der Waals surface area (Å²) in [5.74, 6) is -1.25. The third kappa shape index (κ3) is 1.95. The Hall–Kier alpha value is -1.72. The zero-order valence-corrected chi connectivity index (χ0v) is 7.14. The molecule has 1 aliphatic carbocycles. The Kier molecular flexibility index (Phi) is 2.03. The van der Waals surface area contributed by atoms with Crippen molar-refractivity contribution in [3.8, 4) is 5.75 Å². The molecule has 0 spiro atoms. The van der Waals surface area contributed by atoms with E-state index in [4.69, 9.17) is 4.74 Å². The molecule has 0 atom stereocenters. The van der Waals surface area contributed by atoms with E-state index >= 15 is 0 Å². The van der Waals surface area contributed by atoms with Gasteiger partial charge in [0.15, 0.2) is 0 Å². The van der Waals surface area contributed by atoms with Crippen LogP contribution in [0.3, 0.4) is 0 Å². The summed E-state index contributed by atoms with van der Waals surface area (Å²) in [4.78, 5) is 12.7. The molecule has 0 aromatic carbocycles. The molecule has 6 heteroatoms. The first-order valence-corrected chi connectivity index (χ1v) is 4.14. The van der Waals surface area contributed by atoms with Gasteiger partial charge in [0.1, 0.15) is 5.75 Å². The monoisotopic (exact) mass is 198 g/mol. The Bertz CT molecular complexity index is 379. The molecule has 0 aliphatic heterocycles. The summed E-state index contributed by atoms with van der Waals surface area (Å²) in [7, 11) is 0. The molecule has 0 unspecified atom stereocenters.